The fourth-order valence-electron chi connectivity index (χ4n) is 7.89. The van der Waals surface area contributed by atoms with Gasteiger partial charge < -0.3 is 24.6 Å². The van der Waals surface area contributed by atoms with Gasteiger partial charge in [0.05, 0.1) is 23.1 Å². The third-order valence-electron chi connectivity index (χ3n) is 11.1. The quantitative estimate of drug-likeness (QED) is 0.127. The monoisotopic (exact) mass is 757 g/mol. The van der Waals surface area contributed by atoms with Gasteiger partial charge in [0.1, 0.15) is 36.1 Å². The van der Waals surface area contributed by atoms with Crippen molar-refractivity contribution in [3.63, 3.8) is 0 Å². The zero-order valence-corrected chi connectivity index (χ0v) is 33.7. The van der Waals surface area contributed by atoms with Crippen LogP contribution >= 0.6 is 0 Å². The van der Waals surface area contributed by atoms with E-state index in [4.69, 9.17) is 14.6 Å². The van der Waals surface area contributed by atoms with E-state index >= 15 is 0 Å². The van der Waals surface area contributed by atoms with Crippen LogP contribution in [0.5, 0.6) is 11.5 Å². The third kappa shape index (κ3) is 8.68. The number of carbonyl (C=O) groups is 1. The maximum Gasteiger partial charge on any atom is 0.232 e. The Morgan fingerprint density at radius 3 is 2.61 bits per heavy atom. The molecule has 1 aliphatic carbocycles. The summed E-state index contributed by atoms with van der Waals surface area (Å²) in [6.45, 7) is 10.7. The molecule has 1 saturated heterocycles. The number of amides is 1. The highest BCUT2D eigenvalue weighted by Gasteiger charge is 2.29. The Labute approximate surface area is 330 Å². The molecule has 1 aliphatic heterocycles. The number of likely N-dealkylation sites (N-methyl/N-ethyl adjacent to an activating group) is 1. The standard InChI is InChI=1S/C44H55N9O3/c1-30-12-9-10-23-51(30)43-48-47-40-22-20-34(29-52(40)43)56-37-21-18-31(35-14-7-8-15-36(35)37)13-11-16-42(54)46-41-27-39(44(2,3)4)49-53(41)33-19-17-32(28-45)38(26-33)55-25-24-50(5)6/h7-8,14-15,17,19-20,22,26-27,29-31,37H,9-13,16,18,21,23-25H2,1-6H3,(H,46,54)/t30-,31?,37+/m0/s1. The molecule has 0 spiro atoms. The molecule has 3 atom stereocenters. The summed E-state index contributed by atoms with van der Waals surface area (Å²) in [6, 6.07) is 22.6. The van der Waals surface area contributed by atoms with E-state index < -0.39 is 0 Å². The van der Waals surface area contributed by atoms with E-state index in [-0.39, 0.29) is 17.4 Å². The summed E-state index contributed by atoms with van der Waals surface area (Å²) >= 11 is 0. The van der Waals surface area contributed by atoms with Crippen molar-refractivity contribution in [2.24, 2.45) is 0 Å². The molecule has 1 N–H and O–H groups in total. The summed E-state index contributed by atoms with van der Waals surface area (Å²) in [5.74, 6) is 3.06. The molecule has 12 nitrogen and oxygen atoms in total. The molecule has 0 saturated carbocycles. The maximum absolute atomic E-state index is 13.5. The Morgan fingerprint density at radius 1 is 1.02 bits per heavy atom. The first-order valence-corrected chi connectivity index (χ1v) is 20.1. The minimum absolute atomic E-state index is 0.0595. The molecule has 1 fully saturated rings. The second-order valence-electron chi connectivity index (χ2n) is 16.6. The molecule has 1 unspecified atom stereocenters. The Bertz CT molecular complexity index is 2190. The molecule has 0 bridgehead atoms. The lowest BCUT2D eigenvalue weighted by atomic mass is 9.79. The number of piperidine rings is 1. The van der Waals surface area contributed by atoms with Gasteiger partial charge in [0.15, 0.2) is 5.65 Å². The first-order valence-electron chi connectivity index (χ1n) is 20.1. The van der Waals surface area contributed by atoms with Crippen LogP contribution in [0.1, 0.15) is 113 Å². The fourth-order valence-corrected chi connectivity index (χ4v) is 7.89. The first kappa shape index (κ1) is 38.8. The summed E-state index contributed by atoms with van der Waals surface area (Å²) in [6.07, 6.45) is 9.46. The van der Waals surface area contributed by atoms with Crippen molar-refractivity contribution < 1.29 is 14.3 Å². The molecule has 0 radical (unpaired) electrons. The maximum atomic E-state index is 13.5. The van der Waals surface area contributed by atoms with Gasteiger partial charge in [-0.1, -0.05) is 45.0 Å². The van der Waals surface area contributed by atoms with Crippen molar-refractivity contribution in [2.45, 2.75) is 103 Å². The van der Waals surface area contributed by atoms with E-state index in [0.29, 0.717) is 54.4 Å². The second-order valence-corrected chi connectivity index (χ2v) is 16.6. The lowest BCUT2D eigenvalue weighted by Gasteiger charge is -2.33. The number of pyridine rings is 1. The predicted octanol–water partition coefficient (Wildman–Crippen LogP) is 8.21. The molecule has 56 heavy (non-hydrogen) atoms. The third-order valence-corrected chi connectivity index (χ3v) is 11.1. The number of hydrogen-bond acceptors (Lipinski definition) is 9. The van der Waals surface area contributed by atoms with Crippen LogP contribution in [0.4, 0.5) is 11.8 Å². The number of fused-ring (bicyclic) bond motifs is 2. The normalized spacial score (nSPS) is 18.5. The van der Waals surface area contributed by atoms with E-state index in [1.807, 2.05) is 55.5 Å². The highest BCUT2D eigenvalue weighted by Crippen LogP contribution is 2.42. The first-order chi connectivity index (χ1) is 27.0. The minimum Gasteiger partial charge on any atom is -0.491 e. The van der Waals surface area contributed by atoms with Crippen LogP contribution in [0.2, 0.25) is 0 Å². The lowest BCUT2D eigenvalue weighted by Crippen LogP contribution is -2.38. The molecule has 7 rings (SSSR count). The minimum atomic E-state index is -0.240. The zero-order chi connectivity index (χ0) is 39.4. The summed E-state index contributed by atoms with van der Waals surface area (Å²) in [4.78, 5) is 17.9. The number of nitrogens with zero attached hydrogens (tertiary/aromatic N) is 8. The number of aromatic nitrogens is 5. The number of anilines is 2. The summed E-state index contributed by atoms with van der Waals surface area (Å²) in [7, 11) is 3.95. The summed E-state index contributed by atoms with van der Waals surface area (Å²) < 4.78 is 16.5. The van der Waals surface area contributed by atoms with Gasteiger partial charge in [-0.2, -0.15) is 10.4 Å². The van der Waals surface area contributed by atoms with Crippen molar-refractivity contribution in [3.05, 3.63) is 89.2 Å². The van der Waals surface area contributed by atoms with Crippen molar-refractivity contribution in [3.8, 4) is 23.3 Å². The van der Waals surface area contributed by atoms with Gasteiger partial charge in [-0.25, -0.2) is 4.68 Å². The summed E-state index contributed by atoms with van der Waals surface area (Å²) in [5.41, 5.74) is 5.11. The average Bonchev–Trinajstić information content (AvgIpc) is 3.80. The van der Waals surface area contributed by atoms with Crippen molar-refractivity contribution in [2.75, 3.05) is 44.0 Å². The molecule has 12 heteroatoms. The Hall–Kier alpha value is -5.41. The molecule has 3 aromatic heterocycles. The van der Waals surface area contributed by atoms with Gasteiger partial charge in [0, 0.05) is 43.1 Å². The number of nitriles is 1. The number of benzene rings is 2. The van der Waals surface area contributed by atoms with Gasteiger partial charge in [-0.3, -0.25) is 9.20 Å². The highest BCUT2D eigenvalue weighted by molar-refractivity contribution is 5.90. The topological polar surface area (TPSA) is 126 Å². The fraction of sp³-hybridized carbons (Fsp3) is 0.477. The van der Waals surface area contributed by atoms with Crippen LogP contribution in [0, 0.1) is 11.3 Å². The molecular formula is C44H55N9O3. The van der Waals surface area contributed by atoms with Crippen LogP contribution < -0.4 is 19.7 Å². The SMILES string of the molecule is C[C@H]1CCCCN1c1nnc2ccc(O[C@@H]3CCC(CCCC(=O)Nc4cc(C(C)(C)C)nn4-c4ccc(C#N)c(OCCN(C)C)c4)c4ccccc43)cn12. The Balaban J connectivity index is 1.01. The van der Waals surface area contributed by atoms with E-state index in [1.165, 1.54) is 24.0 Å². The van der Waals surface area contributed by atoms with Gasteiger partial charge in [0.2, 0.25) is 11.9 Å². The predicted molar refractivity (Wildman–Crippen MR) is 219 cm³/mol. The van der Waals surface area contributed by atoms with E-state index in [2.05, 4.69) is 82.8 Å². The second kappa shape index (κ2) is 16.8. The number of hydrogen-bond donors (Lipinski definition) is 1. The lowest BCUT2D eigenvalue weighted by molar-refractivity contribution is -0.116. The zero-order valence-electron chi connectivity index (χ0n) is 33.7. The molecule has 294 valence electrons. The van der Waals surface area contributed by atoms with Gasteiger partial charge >= 0.3 is 0 Å². The summed E-state index contributed by atoms with van der Waals surface area (Å²) in [5, 5.41) is 26.8. The highest BCUT2D eigenvalue weighted by atomic mass is 16.5. The Kier molecular flexibility index (Phi) is 11.6. The molecule has 2 aromatic carbocycles. The molecular weight excluding hydrogens is 703 g/mol. The number of carbonyl (C=O) groups excluding carboxylic acids is 1. The Morgan fingerprint density at radius 2 is 1.84 bits per heavy atom. The number of rotatable bonds is 13. The van der Waals surface area contributed by atoms with Crippen molar-refractivity contribution in [1.29, 1.82) is 5.26 Å². The smallest absolute Gasteiger partial charge is 0.232 e. The molecule has 2 aliphatic rings. The van der Waals surface area contributed by atoms with Crippen LogP contribution in [0.3, 0.4) is 0 Å². The van der Waals surface area contributed by atoms with Gasteiger partial charge in [0.25, 0.3) is 0 Å². The molecule has 4 heterocycles. The number of nitrogens with one attached hydrogen (secondary N) is 1. The van der Waals surface area contributed by atoms with Crippen LogP contribution in [0.15, 0.2) is 66.9 Å². The van der Waals surface area contributed by atoms with Crippen LogP contribution in [0.25, 0.3) is 11.3 Å². The van der Waals surface area contributed by atoms with Crippen LogP contribution in [-0.2, 0) is 10.2 Å². The molecule has 5 aromatic rings. The van der Waals surface area contributed by atoms with Crippen molar-refractivity contribution >= 4 is 23.3 Å². The van der Waals surface area contributed by atoms with Gasteiger partial charge in [-0.15, -0.1) is 10.2 Å². The largest absolute Gasteiger partial charge is 0.491 e. The van der Waals surface area contributed by atoms with E-state index in [9.17, 15) is 10.1 Å². The molecule has 1 amide bonds. The van der Waals surface area contributed by atoms with Crippen molar-refractivity contribution in [1.82, 2.24) is 29.3 Å². The van der Waals surface area contributed by atoms with E-state index in [1.54, 1.807) is 10.7 Å². The van der Waals surface area contributed by atoms with E-state index in [0.717, 1.165) is 61.7 Å². The number of ether oxygens (including phenoxy) is 2. The average molecular weight is 758 g/mol. The van der Waals surface area contributed by atoms with Crippen LogP contribution in [-0.4, -0.2) is 75.0 Å². The van der Waals surface area contributed by atoms with Gasteiger partial charge in [-0.05, 0) is 107 Å².